The lowest BCUT2D eigenvalue weighted by Gasteiger charge is -2.14. The molecule has 0 saturated carbocycles. The summed E-state index contributed by atoms with van der Waals surface area (Å²) >= 11 is 0. The van der Waals surface area contributed by atoms with Crippen LogP contribution in [0, 0.1) is 5.92 Å². The zero-order valence-corrected chi connectivity index (χ0v) is 15.5. The van der Waals surface area contributed by atoms with E-state index in [-0.39, 0.29) is 5.56 Å². The standard InChI is InChI=1S/C19H23N5O3/c1-12(2)9-22-18(25)14-4-5-16(21-10-14)24-19(26)15(11-23-24)13-6-7-20-17(8-13)27-3/h4-8,10-12,18,22-23,25H,9H2,1-3H3. The van der Waals surface area contributed by atoms with Gasteiger partial charge in [-0.25, -0.2) is 14.6 Å². The number of nitrogens with zero attached hydrogens (tertiary/aromatic N) is 3. The fourth-order valence-corrected chi connectivity index (χ4v) is 2.59. The molecule has 0 radical (unpaired) electrons. The van der Waals surface area contributed by atoms with E-state index in [1.807, 2.05) is 0 Å². The van der Waals surface area contributed by atoms with Crippen molar-refractivity contribution in [3.63, 3.8) is 0 Å². The Morgan fingerprint density at radius 3 is 2.78 bits per heavy atom. The number of hydrogen-bond acceptors (Lipinski definition) is 6. The number of hydrogen-bond donors (Lipinski definition) is 3. The van der Waals surface area contributed by atoms with Crippen LogP contribution >= 0.6 is 0 Å². The third kappa shape index (κ3) is 4.24. The van der Waals surface area contributed by atoms with Gasteiger partial charge in [-0.3, -0.25) is 15.2 Å². The second-order valence-corrected chi connectivity index (χ2v) is 6.57. The van der Waals surface area contributed by atoms with Crippen LogP contribution in [-0.4, -0.2) is 38.5 Å². The first-order valence-electron chi connectivity index (χ1n) is 8.68. The van der Waals surface area contributed by atoms with Crippen molar-refractivity contribution < 1.29 is 9.84 Å². The van der Waals surface area contributed by atoms with Crippen LogP contribution in [0.4, 0.5) is 0 Å². The molecule has 0 aromatic carbocycles. The molecule has 8 nitrogen and oxygen atoms in total. The Bertz CT molecular complexity index is 946. The van der Waals surface area contributed by atoms with Crippen molar-refractivity contribution in [2.45, 2.75) is 20.1 Å². The average Bonchev–Trinajstić information content (AvgIpc) is 3.07. The molecule has 0 fully saturated rings. The molecule has 8 heteroatoms. The second kappa shape index (κ2) is 8.15. The molecule has 3 heterocycles. The largest absolute Gasteiger partial charge is 0.481 e. The van der Waals surface area contributed by atoms with Gasteiger partial charge in [0.05, 0.1) is 12.7 Å². The molecule has 142 valence electrons. The summed E-state index contributed by atoms with van der Waals surface area (Å²) < 4.78 is 6.45. The van der Waals surface area contributed by atoms with E-state index in [1.165, 1.54) is 11.8 Å². The van der Waals surface area contributed by atoms with Crippen molar-refractivity contribution in [2.24, 2.45) is 5.92 Å². The number of pyridine rings is 2. The lowest BCUT2D eigenvalue weighted by atomic mass is 10.1. The first-order valence-corrected chi connectivity index (χ1v) is 8.68. The van der Waals surface area contributed by atoms with E-state index in [0.29, 0.717) is 40.9 Å². The monoisotopic (exact) mass is 369 g/mol. The van der Waals surface area contributed by atoms with Crippen molar-refractivity contribution in [3.8, 4) is 22.8 Å². The van der Waals surface area contributed by atoms with Gasteiger partial charge in [-0.2, -0.15) is 0 Å². The van der Waals surface area contributed by atoms with Crippen molar-refractivity contribution >= 4 is 0 Å². The molecule has 0 aliphatic heterocycles. The summed E-state index contributed by atoms with van der Waals surface area (Å²) in [6.07, 6.45) is 3.96. The minimum Gasteiger partial charge on any atom is -0.481 e. The second-order valence-electron chi connectivity index (χ2n) is 6.57. The number of nitrogens with one attached hydrogen (secondary N) is 2. The summed E-state index contributed by atoms with van der Waals surface area (Å²) in [5, 5.41) is 16.1. The van der Waals surface area contributed by atoms with E-state index in [2.05, 4.69) is 34.2 Å². The highest BCUT2D eigenvalue weighted by molar-refractivity contribution is 5.62. The fourth-order valence-electron chi connectivity index (χ4n) is 2.59. The van der Waals surface area contributed by atoms with Gasteiger partial charge in [0, 0.05) is 36.8 Å². The Morgan fingerprint density at radius 2 is 2.11 bits per heavy atom. The molecule has 0 saturated heterocycles. The fraction of sp³-hybridized carbons (Fsp3) is 0.316. The summed E-state index contributed by atoms with van der Waals surface area (Å²) in [4.78, 5) is 21.1. The topological polar surface area (TPSA) is 105 Å². The van der Waals surface area contributed by atoms with E-state index in [0.717, 1.165) is 0 Å². The maximum Gasteiger partial charge on any atom is 0.280 e. The SMILES string of the molecule is COc1cc(-c2c[nH]n(-c3ccc(C(O)NCC(C)C)cn3)c2=O)ccn1. The Labute approximate surface area is 156 Å². The molecule has 1 atom stereocenters. The van der Waals surface area contributed by atoms with Crippen LogP contribution in [0.1, 0.15) is 25.6 Å². The number of aromatic amines is 1. The van der Waals surface area contributed by atoms with Crippen LogP contribution in [0.2, 0.25) is 0 Å². The third-order valence-electron chi connectivity index (χ3n) is 4.06. The van der Waals surface area contributed by atoms with Crippen LogP contribution in [0.15, 0.2) is 47.7 Å². The summed E-state index contributed by atoms with van der Waals surface area (Å²) in [6, 6.07) is 6.86. The molecule has 0 aliphatic rings. The molecule has 0 bridgehead atoms. The molecule has 3 rings (SSSR count). The molecule has 1 unspecified atom stereocenters. The quantitative estimate of drug-likeness (QED) is 0.549. The van der Waals surface area contributed by atoms with Crippen molar-refractivity contribution in [1.29, 1.82) is 0 Å². The number of methoxy groups -OCH3 is 1. The molecule has 3 N–H and O–H groups in total. The summed E-state index contributed by atoms with van der Waals surface area (Å²) in [6.45, 7) is 4.82. The number of rotatable bonds is 7. The Morgan fingerprint density at radius 1 is 1.30 bits per heavy atom. The van der Waals surface area contributed by atoms with Crippen LogP contribution in [0.3, 0.4) is 0 Å². The van der Waals surface area contributed by atoms with Gasteiger partial charge in [0.2, 0.25) is 5.88 Å². The minimum atomic E-state index is -0.797. The predicted octanol–water partition coefficient (Wildman–Crippen LogP) is 1.87. The lowest BCUT2D eigenvalue weighted by Crippen LogP contribution is -2.25. The number of aliphatic hydroxyl groups excluding tert-OH is 1. The van der Waals surface area contributed by atoms with Crippen LogP contribution < -0.4 is 15.6 Å². The molecule has 0 spiro atoms. The molecule has 0 amide bonds. The highest BCUT2D eigenvalue weighted by Gasteiger charge is 2.13. The van der Waals surface area contributed by atoms with E-state index in [9.17, 15) is 9.90 Å². The third-order valence-corrected chi connectivity index (χ3v) is 4.06. The molecule has 3 aromatic heterocycles. The predicted molar refractivity (Wildman–Crippen MR) is 102 cm³/mol. The Balaban J connectivity index is 1.83. The maximum atomic E-state index is 12.7. The Hall–Kier alpha value is -2.97. The van der Waals surface area contributed by atoms with E-state index < -0.39 is 6.23 Å². The summed E-state index contributed by atoms with van der Waals surface area (Å²) in [5.41, 5.74) is 1.59. The number of H-pyrrole nitrogens is 1. The summed E-state index contributed by atoms with van der Waals surface area (Å²) in [5.74, 6) is 1.30. The lowest BCUT2D eigenvalue weighted by molar-refractivity contribution is 0.134. The average molecular weight is 369 g/mol. The minimum absolute atomic E-state index is 0.234. The smallest absolute Gasteiger partial charge is 0.280 e. The van der Waals surface area contributed by atoms with Gasteiger partial charge in [0.1, 0.15) is 6.23 Å². The maximum absolute atomic E-state index is 12.7. The zero-order chi connectivity index (χ0) is 19.4. The zero-order valence-electron chi connectivity index (χ0n) is 15.5. The van der Waals surface area contributed by atoms with Gasteiger partial charge in [-0.15, -0.1) is 0 Å². The molecular weight excluding hydrogens is 346 g/mol. The molecule has 3 aromatic rings. The number of ether oxygens (including phenoxy) is 1. The van der Waals surface area contributed by atoms with Crippen LogP contribution in [-0.2, 0) is 0 Å². The van der Waals surface area contributed by atoms with Crippen molar-refractivity contribution in [3.05, 3.63) is 58.8 Å². The van der Waals surface area contributed by atoms with E-state index >= 15 is 0 Å². The molecule has 0 aliphatic carbocycles. The Kier molecular flexibility index (Phi) is 5.68. The van der Waals surface area contributed by atoms with Gasteiger partial charge in [-0.05, 0) is 29.7 Å². The number of aliphatic hydroxyl groups is 1. The highest BCUT2D eigenvalue weighted by Crippen LogP contribution is 2.19. The highest BCUT2D eigenvalue weighted by atomic mass is 16.5. The van der Waals surface area contributed by atoms with Crippen molar-refractivity contribution in [1.82, 2.24) is 25.1 Å². The van der Waals surface area contributed by atoms with Crippen LogP contribution in [0.25, 0.3) is 16.9 Å². The molecule has 27 heavy (non-hydrogen) atoms. The van der Waals surface area contributed by atoms with Gasteiger partial charge < -0.3 is 9.84 Å². The van der Waals surface area contributed by atoms with Gasteiger partial charge in [0.15, 0.2) is 5.82 Å². The van der Waals surface area contributed by atoms with E-state index in [1.54, 1.807) is 42.9 Å². The normalized spacial score (nSPS) is 12.3. The van der Waals surface area contributed by atoms with Gasteiger partial charge >= 0.3 is 0 Å². The first kappa shape index (κ1) is 18.8. The van der Waals surface area contributed by atoms with Crippen LogP contribution in [0.5, 0.6) is 5.88 Å². The molecular formula is C19H23N5O3. The first-order chi connectivity index (χ1) is 13.0. The van der Waals surface area contributed by atoms with Crippen molar-refractivity contribution in [2.75, 3.05) is 13.7 Å². The number of aromatic nitrogens is 4. The summed E-state index contributed by atoms with van der Waals surface area (Å²) in [7, 11) is 1.53. The van der Waals surface area contributed by atoms with Gasteiger partial charge in [0.25, 0.3) is 5.56 Å². The van der Waals surface area contributed by atoms with E-state index in [4.69, 9.17) is 4.74 Å². The van der Waals surface area contributed by atoms with Gasteiger partial charge in [-0.1, -0.05) is 13.8 Å².